The maximum absolute atomic E-state index is 12.7. The van der Waals surface area contributed by atoms with E-state index in [0.717, 1.165) is 19.3 Å². The van der Waals surface area contributed by atoms with Crippen molar-refractivity contribution in [2.24, 2.45) is 0 Å². The lowest BCUT2D eigenvalue weighted by atomic mass is 9.80. The van der Waals surface area contributed by atoms with Crippen LogP contribution in [0.2, 0.25) is 0 Å². The van der Waals surface area contributed by atoms with Crippen molar-refractivity contribution in [2.45, 2.75) is 37.6 Å². The summed E-state index contributed by atoms with van der Waals surface area (Å²) in [6.07, 6.45) is 3.68. The molecule has 0 radical (unpaired) electrons. The zero-order valence-electron chi connectivity index (χ0n) is 12.8. The number of ether oxygens (including phenoxy) is 1. The third-order valence-corrected chi connectivity index (χ3v) is 5.04. The molecular weight excluding hydrogens is 350 g/mol. The lowest BCUT2D eigenvalue weighted by molar-refractivity contribution is -0.151. The van der Waals surface area contributed by atoms with Crippen LogP contribution < -0.4 is 4.74 Å². The second kappa shape index (κ2) is 6.69. The molecule has 1 fully saturated rings. The second-order valence-electron chi connectivity index (χ2n) is 5.61. The van der Waals surface area contributed by atoms with Crippen molar-refractivity contribution in [3.63, 3.8) is 0 Å². The van der Waals surface area contributed by atoms with Crippen LogP contribution >= 0.6 is 15.9 Å². The minimum atomic E-state index is -1.10. The molecule has 1 aliphatic carbocycles. The van der Waals surface area contributed by atoms with Gasteiger partial charge in [0.2, 0.25) is 0 Å². The quantitative estimate of drug-likeness (QED) is 0.883. The first-order chi connectivity index (χ1) is 10.4. The number of hydrogen-bond acceptors (Lipinski definition) is 3. The fourth-order valence-electron chi connectivity index (χ4n) is 3.02. The summed E-state index contributed by atoms with van der Waals surface area (Å²) < 4.78 is 5.82. The van der Waals surface area contributed by atoms with E-state index in [4.69, 9.17) is 4.74 Å². The first-order valence-electron chi connectivity index (χ1n) is 7.27. The number of carbonyl (C=O) groups excluding carboxylic acids is 1. The van der Waals surface area contributed by atoms with Gasteiger partial charge in [-0.1, -0.05) is 19.3 Å². The van der Waals surface area contributed by atoms with Crippen LogP contribution in [0.3, 0.4) is 0 Å². The van der Waals surface area contributed by atoms with Crippen molar-refractivity contribution in [1.82, 2.24) is 4.90 Å². The number of rotatable bonds is 4. The molecule has 6 heteroatoms. The van der Waals surface area contributed by atoms with Gasteiger partial charge in [-0.3, -0.25) is 4.79 Å². The Kier molecular flexibility index (Phi) is 5.11. The summed E-state index contributed by atoms with van der Waals surface area (Å²) >= 11 is 3.35. The van der Waals surface area contributed by atoms with E-state index >= 15 is 0 Å². The van der Waals surface area contributed by atoms with Crippen molar-refractivity contribution in [1.29, 1.82) is 0 Å². The molecule has 1 saturated carbocycles. The monoisotopic (exact) mass is 369 g/mol. The first kappa shape index (κ1) is 16.8. The Morgan fingerprint density at radius 2 is 1.91 bits per heavy atom. The third kappa shape index (κ3) is 2.97. The number of benzene rings is 1. The largest absolute Gasteiger partial charge is 0.496 e. The number of nitrogens with zero attached hydrogens (tertiary/aromatic N) is 1. The Morgan fingerprint density at radius 3 is 2.41 bits per heavy atom. The molecule has 1 amide bonds. The molecule has 5 nitrogen and oxygen atoms in total. The molecule has 1 aliphatic rings. The average Bonchev–Trinajstić information content (AvgIpc) is 2.53. The van der Waals surface area contributed by atoms with Crippen LogP contribution in [-0.4, -0.2) is 41.6 Å². The summed E-state index contributed by atoms with van der Waals surface area (Å²) in [5, 5.41) is 9.67. The molecule has 0 atom stereocenters. The van der Waals surface area contributed by atoms with Gasteiger partial charge in [0.05, 0.1) is 11.6 Å². The number of carboxylic acid groups (broad SMARTS) is 1. The number of carboxylic acids is 1. The minimum absolute atomic E-state index is 0.285. The van der Waals surface area contributed by atoms with Crippen LogP contribution in [0.4, 0.5) is 0 Å². The molecule has 0 heterocycles. The van der Waals surface area contributed by atoms with E-state index in [-0.39, 0.29) is 5.91 Å². The number of methoxy groups -OCH3 is 1. The van der Waals surface area contributed by atoms with E-state index in [1.807, 2.05) is 0 Å². The number of halogens is 1. The normalized spacial score (nSPS) is 16.9. The van der Waals surface area contributed by atoms with E-state index in [2.05, 4.69) is 15.9 Å². The molecule has 120 valence electrons. The fourth-order valence-corrected chi connectivity index (χ4v) is 3.56. The van der Waals surface area contributed by atoms with Gasteiger partial charge in [-0.05, 0) is 47.0 Å². The molecule has 1 aromatic rings. The summed E-state index contributed by atoms with van der Waals surface area (Å²) in [6, 6.07) is 5.01. The maximum Gasteiger partial charge on any atom is 0.329 e. The van der Waals surface area contributed by atoms with Crippen LogP contribution in [-0.2, 0) is 4.79 Å². The van der Waals surface area contributed by atoms with Gasteiger partial charge in [0.1, 0.15) is 11.3 Å². The molecule has 0 spiro atoms. The number of aliphatic carboxylic acids is 1. The van der Waals surface area contributed by atoms with E-state index in [1.165, 1.54) is 4.90 Å². The van der Waals surface area contributed by atoms with Crippen LogP contribution in [0.25, 0.3) is 0 Å². The summed E-state index contributed by atoms with van der Waals surface area (Å²) in [7, 11) is 3.13. The predicted octanol–water partition coefficient (Wildman–Crippen LogP) is 3.32. The first-order valence-corrected chi connectivity index (χ1v) is 8.07. The topological polar surface area (TPSA) is 66.8 Å². The molecular formula is C16H20BrNO4. The zero-order valence-corrected chi connectivity index (χ0v) is 14.4. The molecule has 1 N–H and O–H groups in total. The Labute approximate surface area is 138 Å². The Bertz CT molecular complexity index is 582. The fraction of sp³-hybridized carbons (Fsp3) is 0.500. The molecule has 0 bridgehead atoms. The lowest BCUT2D eigenvalue weighted by Crippen LogP contribution is -2.56. The number of likely N-dealkylation sites (N-methyl/N-ethyl adjacent to an activating group) is 1. The number of hydrogen-bond donors (Lipinski definition) is 1. The maximum atomic E-state index is 12.7. The zero-order chi connectivity index (χ0) is 16.3. The Morgan fingerprint density at radius 1 is 1.27 bits per heavy atom. The molecule has 0 aromatic heterocycles. The summed E-state index contributed by atoms with van der Waals surface area (Å²) in [5.41, 5.74) is -0.650. The lowest BCUT2D eigenvalue weighted by Gasteiger charge is -2.41. The Hall–Kier alpha value is -1.56. The highest BCUT2D eigenvalue weighted by Crippen LogP contribution is 2.35. The van der Waals surface area contributed by atoms with Crippen molar-refractivity contribution in [3.05, 3.63) is 28.2 Å². The highest BCUT2D eigenvalue weighted by molar-refractivity contribution is 9.10. The van der Waals surface area contributed by atoms with Crippen LogP contribution in [0.5, 0.6) is 5.75 Å². The third-order valence-electron chi connectivity index (χ3n) is 4.42. The van der Waals surface area contributed by atoms with Crippen molar-refractivity contribution in [3.8, 4) is 5.75 Å². The van der Waals surface area contributed by atoms with E-state index in [0.29, 0.717) is 28.6 Å². The van der Waals surface area contributed by atoms with Gasteiger partial charge in [0.15, 0.2) is 0 Å². The molecule has 2 rings (SSSR count). The van der Waals surface area contributed by atoms with E-state index in [1.54, 1.807) is 32.4 Å². The molecule has 0 saturated heterocycles. The van der Waals surface area contributed by atoms with Gasteiger partial charge in [-0.2, -0.15) is 0 Å². The van der Waals surface area contributed by atoms with Crippen molar-refractivity contribution < 1.29 is 19.4 Å². The van der Waals surface area contributed by atoms with E-state index in [9.17, 15) is 14.7 Å². The van der Waals surface area contributed by atoms with Gasteiger partial charge in [0.25, 0.3) is 5.91 Å². The van der Waals surface area contributed by atoms with Crippen LogP contribution in [0.1, 0.15) is 42.5 Å². The van der Waals surface area contributed by atoms with E-state index < -0.39 is 11.5 Å². The summed E-state index contributed by atoms with van der Waals surface area (Å²) in [4.78, 5) is 25.9. The highest BCUT2D eigenvalue weighted by atomic mass is 79.9. The van der Waals surface area contributed by atoms with Gasteiger partial charge in [-0.25, -0.2) is 4.79 Å². The molecule has 1 aromatic carbocycles. The highest BCUT2D eigenvalue weighted by Gasteiger charge is 2.45. The smallest absolute Gasteiger partial charge is 0.329 e. The van der Waals surface area contributed by atoms with Crippen molar-refractivity contribution in [2.75, 3.05) is 14.2 Å². The molecule has 0 aliphatic heterocycles. The average molecular weight is 370 g/mol. The summed E-state index contributed by atoms with van der Waals surface area (Å²) in [5.74, 6) is -0.576. The van der Waals surface area contributed by atoms with Crippen molar-refractivity contribution >= 4 is 27.8 Å². The van der Waals surface area contributed by atoms with Crippen LogP contribution in [0.15, 0.2) is 22.7 Å². The molecule has 22 heavy (non-hydrogen) atoms. The van der Waals surface area contributed by atoms with Gasteiger partial charge in [-0.15, -0.1) is 0 Å². The van der Waals surface area contributed by atoms with Gasteiger partial charge in [0, 0.05) is 12.6 Å². The second-order valence-corrected chi connectivity index (χ2v) is 6.47. The Balaban J connectivity index is 2.30. The molecule has 0 unspecified atom stereocenters. The number of carbonyl (C=O) groups is 2. The number of amides is 1. The van der Waals surface area contributed by atoms with Crippen LogP contribution in [0, 0.1) is 0 Å². The van der Waals surface area contributed by atoms with Gasteiger partial charge < -0.3 is 14.7 Å². The standard InChI is InChI=1S/C16H20BrNO4/c1-18(16(15(20)21)8-4-3-5-9-16)14(19)11-6-7-13(22-2)12(17)10-11/h6-7,10H,3-5,8-9H2,1-2H3,(H,20,21). The summed E-state index contributed by atoms with van der Waals surface area (Å²) in [6.45, 7) is 0. The minimum Gasteiger partial charge on any atom is -0.496 e. The predicted molar refractivity (Wildman–Crippen MR) is 86.2 cm³/mol. The SMILES string of the molecule is COc1ccc(C(=O)N(C)C2(C(=O)O)CCCCC2)cc1Br. The van der Waals surface area contributed by atoms with Gasteiger partial charge >= 0.3 is 5.97 Å².